The lowest BCUT2D eigenvalue weighted by molar-refractivity contribution is 0.575. The van der Waals surface area contributed by atoms with Gasteiger partial charge in [0.05, 0.1) is 0 Å². The quantitative estimate of drug-likeness (QED) is 0.657. The Bertz CT molecular complexity index is 424. The molecule has 0 spiro atoms. The maximum absolute atomic E-state index is 11.5. The van der Waals surface area contributed by atoms with E-state index in [2.05, 4.69) is 4.90 Å². The van der Waals surface area contributed by atoms with Crippen molar-refractivity contribution >= 4 is 11.4 Å². The number of piperidine rings is 1. The number of hydrogen-bond donors (Lipinski definition) is 0. The molecule has 0 radical (unpaired) electrons. The van der Waals surface area contributed by atoms with E-state index in [9.17, 15) is 9.59 Å². The molecule has 0 saturated carbocycles. The Morgan fingerprint density at radius 1 is 1.00 bits per heavy atom. The third-order valence-corrected chi connectivity index (χ3v) is 2.98. The van der Waals surface area contributed by atoms with Crippen LogP contribution in [0.25, 0.3) is 0 Å². The van der Waals surface area contributed by atoms with Gasteiger partial charge in [-0.3, -0.25) is 9.59 Å². The summed E-state index contributed by atoms with van der Waals surface area (Å²) in [5, 5.41) is 0. The molecule has 1 fully saturated rings. The third kappa shape index (κ3) is 1.54. The lowest BCUT2D eigenvalue weighted by atomic mass is 10.1. The first-order valence-corrected chi connectivity index (χ1v) is 5.38. The molecule has 1 heterocycles. The van der Waals surface area contributed by atoms with E-state index in [-0.39, 0.29) is 10.9 Å². The van der Waals surface area contributed by atoms with Crippen molar-refractivity contribution in [1.29, 1.82) is 0 Å². The standard InChI is InChI=1S/C11H16N2O2/c1-12(2)8-9(11(15)10(8)14)13-6-4-3-5-7-13/h3-7H2,1-2H3. The normalized spacial score (nSPS) is 17.1. The van der Waals surface area contributed by atoms with Gasteiger partial charge < -0.3 is 9.80 Å². The first kappa shape index (κ1) is 10.2. The zero-order valence-electron chi connectivity index (χ0n) is 9.25. The minimum Gasteiger partial charge on any atom is -0.373 e. The Morgan fingerprint density at radius 2 is 1.60 bits per heavy atom. The lowest BCUT2D eigenvalue weighted by Gasteiger charge is -2.32. The number of hydrogen-bond acceptors (Lipinski definition) is 4. The predicted octanol–water partition coefficient (Wildman–Crippen LogP) is 0.339. The largest absolute Gasteiger partial charge is 0.373 e. The Kier molecular flexibility index (Phi) is 2.50. The van der Waals surface area contributed by atoms with Crippen molar-refractivity contribution in [2.24, 2.45) is 0 Å². The summed E-state index contributed by atoms with van der Waals surface area (Å²) >= 11 is 0. The van der Waals surface area contributed by atoms with Crippen LogP contribution in [0.1, 0.15) is 19.3 Å². The molecule has 1 aromatic carbocycles. The third-order valence-electron chi connectivity index (χ3n) is 2.98. The second-order valence-electron chi connectivity index (χ2n) is 4.30. The van der Waals surface area contributed by atoms with E-state index in [1.165, 1.54) is 6.42 Å². The van der Waals surface area contributed by atoms with Crippen molar-refractivity contribution in [2.45, 2.75) is 19.3 Å². The monoisotopic (exact) mass is 208 g/mol. The van der Waals surface area contributed by atoms with E-state index in [0.29, 0.717) is 11.4 Å². The molecule has 0 amide bonds. The number of nitrogens with zero attached hydrogens (tertiary/aromatic N) is 2. The molecule has 4 heteroatoms. The molecule has 4 nitrogen and oxygen atoms in total. The fraction of sp³-hybridized carbons (Fsp3) is 0.636. The summed E-state index contributed by atoms with van der Waals surface area (Å²) in [6.45, 7) is 1.82. The van der Waals surface area contributed by atoms with Gasteiger partial charge in [-0.05, 0) is 19.3 Å². The van der Waals surface area contributed by atoms with Gasteiger partial charge in [0.1, 0.15) is 11.4 Å². The fourth-order valence-corrected chi connectivity index (χ4v) is 2.19. The minimum absolute atomic E-state index is 0.305. The molecule has 0 N–H and O–H groups in total. The Hall–Kier alpha value is -1.32. The molecule has 0 aliphatic carbocycles. The van der Waals surface area contributed by atoms with Crippen LogP contribution in [0.4, 0.5) is 11.4 Å². The molecular weight excluding hydrogens is 192 g/mol. The molecule has 1 aromatic rings. The lowest BCUT2D eigenvalue weighted by Crippen LogP contribution is -2.46. The molecule has 15 heavy (non-hydrogen) atoms. The van der Waals surface area contributed by atoms with Gasteiger partial charge in [0.15, 0.2) is 0 Å². The zero-order chi connectivity index (χ0) is 11.0. The SMILES string of the molecule is CN(C)c1c(N2CCCCC2)c(=O)c1=O. The molecule has 1 aliphatic heterocycles. The highest BCUT2D eigenvalue weighted by Gasteiger charge is 2.27. The molecule has 82 valence electrons. The van der Waals surface area contributed by atoms with Gasteiger partial charge in [0.2, 0.25) is 0 Å². The van der Waals surface area contributed by atoms with Crippen molar-refractivity contribution < 1.29 is 0 Å². The van der Waals surface area contributed by atoms with Gasteiger partial charge in [-0.1, -0.05) is 0 Å². The van der Waals surface area contributed by atoms with Crippen molar-refractivity contribution in [3.05, 3.63) is 20.4 Å². The van der Waals surface area contributed by atoms with Crippen LogP contribution in [0, 0.1) is 0 Å². The molecule has 1 saturated heterocycles. The van der Waals surface area contributed by atoms with E-state index in [0.717, 1.165) is 25.9 Å². The van der Waals surface area contributed by atoms with Crippen LogP contribution in [-0.4, -0.2) is 27.2 Å². The number of anilines is 2. The maximum Gasteiger partial charge on any atom is 0.253 e. The van der Waals surface area contributed by atoms with Crippen LogP contribution in [-0.2, 0) is 0 Å². The van der Waals surface area contributed by atoms with Crippen LogP contribution < -0.4 is 20.7 Å². The maximum atomic E-state index is 11.5. The van der Waals surface area contributed by atoms with Gasteiger partial charge in [-0.15, -0.1) is 0 Å². The van der Waals surface area contributed by atoms with E-state index in [4.69, 9.17) is 0 Å². The van der Waals surface area contributed by atoms with E-state index >= 15 is 0 Å². The number of rotatable bonds is 2. The molecule has 0 aromatic heterocycles. The Labute approximate surface area is 88.8 Å². The molecule has 0 atom stereocenters. The second-order valence-corrected chi connectivity index (χ2v) is 4.30. The van der Waals surface area contributed by atoms with E-state index in [1.807, 2.05) is 14.1 Å². The summed E-state index contributed by atoms with van der Waals surface area (Å²) in [5.41, 5.74) is 0.591. The minimum atomic E-state index is -0.333. The Morgan fingerprint density at radius 3 is 2.13 bits per heavy atom. The van der Waals surface area contributed by atoms with E-state index < -0.39 is 0 Å². The average molecular weight is 208 g/mol. The van der Waals surface area contributed by atoms with Crippen molar-refractivity contribution in [3.63, 3.8) is 0 Å². The Balaban J connectivity index is 2.31. The van der Waals surface area contributed by atoms with Gasteiger partial charge in [0.25, 0.3) is 10.9 Å². The van der Waals surface area contributed by atoms with Crippen molar-refractivity contribution in [3.8, 4) is 0 Å². The summed E-state index contributed by atoms with van der Waals surface area (Å²) < 4.78 is 0. The van der Waals surface area contributed by atoms with Gasteiger partial charge in [-0.25, -0.2) is 0 Å². The zero-order valence-corrected chi connectivity index (χ0v) is 9.25. The van der Waals surface area contributed by atoms with Crippen LogP contribution in [0.3, 0.4) is 0 Å². The molecule has 2 rings (SSSR count). The highest BCUT2D eigenvalue weighted by atomic mass is 16.2. The first-order chi connectivity index (χ1) is 7.13. The van der Waals surface area contributed by atoms with Gasteiger partial charge in [-0.2, -0.15) is 0 Å². The molecular formula is C11H16N2O2. The summed E-state index contributed by atoms with van der Waals surface area (Å²) in [6.07, 6.45) is 3.46. The summed E-state index contributed by atoms with van der Waals surface area (Å²) in [4.78, 5) is 26.7. The van der Waals surface area contributed by atoms with Crippen molar-refractivity contribution in [2.75, 3.05) is 37.0 Å². The van der Waals surface area contributed by atoms with Gasteiger partial charge >= 0.3 is 0 Å². The predicted molar refractivity (Wildman–Crippen MR) is 61.7 cm³/mol. The van der Waals surface area contributed by atoms with Crippen LogP contribution in [0.15, 0.2) is 9.59 Å². The molecule has 1 aliphatic rings. The van der Waals surface area contributed by atoms with Crippen LogP contribution in [0.5, 0.6) is 0 Å². The first-order valence-electron chi connectivity index (χ1n) is 5.38. The summed E-state index contributed by atoms with van der Waals surface area (Å²) in [7, 11) is 3.62. The molecule has 0 unspecified atom stereocenters. The molecule has 0 bridgehead atoms. The average Bonchev–Trinajstić information content (AvgIpc) is 2.25. The smallest absolute Gasteiger partial charge is 0.253 e. The fourth-order valence-electron chi connectivity index (χ4n) is 2.19. The summed E-state index contributed by atoms with van der Waals surface area (Å²) in [6, 6.07) is 0. The topological polar surface area (TPSA) is 40.6 Å². The van der Waals surface area contributed by atoms with Crippen LogP contribution in [0.2, 0.25) is 0 Å². The van der Waals surface area contributed by atoms with Crippen molar-refractivity contribution in [1.82, 2.24) is 0 Å². The van der Waals surface area contributed by atoms with Crippen LogP contribution >= 0.6 is 0 Å². The van der Waals surface area contributed by atoms with Gasteiger partial charge in [0, 0.05) is 27.2 Å². The highest BCUT2D eigenvalue weighted by molar-refractivity contribution is 5.75. The highest BCUT2D eigenvalue weighted by Crippen LogP contribution is 2.25. The van der Waals surface area contributed by atoms with E-state index in [1.54, 1.807) is 4.90 Å². The summed E-state index contributed by atoms with van der Waals surface area (Å²) in [5.74, 6) is 0. The second kappa shape index (κ2) is 3.68.